The van der Waals surface area contributed by atoms with Crippen LogP contribution in [0, 0.1) is 16.7 Å². The van der Waals surface area contributed by atoms with Crippen LogP contribution in [0.2, 0.25) is 0 Å². The molecule has 0 bridgehead atoms. The van der Waals surface area contributed by atoms with Gasteiger partial charge in [0.05, 0.1) is 18.7 Å². The van der Waals surface area contributed by atoms with Gasteiger partial charge in [-0.3, -0.25) is 4.79 Å². The Bertz CT molecular complexity index is 323. The average Bonchev–Trinajstić information content (AvgIpc) is 2.91. The van der Waals surface area contributed by atoms with E-state index in [0.29, 0.717) is 6.61 Å². The molecule has 1 aliphatic heterocycles. The predicted molar refractivity (Wildman–Crippen MR) is 63.1 cm³/mol. The van der Waals surface area contributed by atoms with Gasteiger partial charge in [0.2, 0.25) is 5.91 Å². The highest BCUT2D eigenvalue weighted by Gasteiger charge is 2.43. The zero-order chi connectivity index (χ0) is 12.3. The zero-order valence-electron chi connectivity index (χ0n) is 10.4. The molecule has 0 spiro atoms. The lowest BCUT2D eigenvalue weighted by Gasteiger charge is -2.35. The molecular weight excluding hydrogens is 216 g/mol. The molecule has 2 aliphatic rings. The fraction of sp³-hybridized carbons (Fsp3) is 0.846. The van der Waals surface area contributed by atoms with Gasteiger partial charge in [0.15, 0.2) is 0 Å². The second-order valence-electron chi connectivity index (χ2n) is 5.19. The lowest BCUT2D eigenvalue weighted by Crippen LogP contribution is -2.47. The number of carbonyl (C=O) groups is 1. The maximum absolute atomic E-state index is 12.5. The van der Waals surface area contributed by atoms with Gasteiger partial charge in [0.1, 0.15) is 5.41 Å². The van der Waals surface area contributed by atoms with E-state index in [9.17, 15) is 10.1 Å². The number of hydrogen-bond acceptors (Lipinski definition) is 3. The molecule has 0 N–H and O–H groups in total. The predicted octanol–water partition coefficient (Wildman–Crippen LogP) is 1.71. The summed E-state index contributed by atoms with van der Waals surface area (Å²) in [6.45, 7) is 1.34. The standard InChI is InChI=1S/C13H20N2O2/c1-15(11-5-8-17-9-11)12(16)13(10-14)6-3-2-4-7-13/h11H,2-9H2,1H3. The summed E-state index contributed by atoms with van der Waals surface area (Å²) in [7, 11) is 1.81. The summed E-state index contributed by atoms with van der Waals surface area (Å²) < 4.78 is 5.31. The largest absolute Gasteiger partial charge is 0.379 e. The van der Waals surface area contributed by atoms with Gasteiger partial charge >= 0.3 is 0 Å². The molecule has 1 amide bonds. The van der Waals surface area contributed by atoms with Gasteiger partial charge in [-0.05, 0) is 19.3 Å². The molecule has 94 valence electrons. The van der Waals surface area contributed by atoms with Crippen molar-refractivity contribution < 1.29 is 9.53 Å². The van der Waals surface area contributed by atoms with Crippen LogP contribution in [0.3, 0.4) is 0 Å². The molecule has 1 aliphatic carbocycles. The van der Waals surface area contributed by atoms with Crippen LogP contribution >= 0.6 is 0 Å². The topological polar surface area (TPSA) is 53.3 Å². The molecule has 1 saturated heterocycles. The number of likely N-dealkylation sites (N-methyl/N-ethyl adjacent to an activating group) is 1. The van der Waals surface area contributed by atoms with E-state index in [0.717, 1.165) is 45.1 Å². The fourth-order valence-corrected chi connectivity index (χ4v) is 2.86. The molecule has 17 heavy (non-hydrogen) atoms. The average molecular weight is 236 g/mol. The van der Waals surface area contributed by atoms with E-state index >= 15 is 0 Å². The van der Waals surface area contributed by atoms with Crippen molar-refractivity contribution in [3.63, 3.8) is 0 Å². The number of ether oxygens (including phenoxy) is 1. The molecule has 2 fully saturated rings. The van der Waals surface area contributed by atoms with Crippen molar-refractivity contribution in [3.05, 3.63) is 0 Å². The Balaban J connectivity index is 2.08. The number of carbonyl (C=O) groups excluding carboxylic acids is 1. The zero-order valence-corrected chi connectivity index (χ0v) is 10.4. The highest BCUT2D eigenvalue weighted by molar-refractivity contribution is 5.85. The molecule has 0 aromatic heterocycles. The third-order valence-corrected chi connectivity index (χ3v) is 4.10. The van der Waals surface area contributed by atoms with E-state index in [2.05, 4.69) is 6.07 Å². The van der Waals surface area contributed by atoms with Crippen molar-refractivity contribution in [1.29, 1.82) is 5.26 Å². The molecule has 1 unspecified atom stereocenters. The summed E-state index contributed by atoms with van der Waals surface area (Å²) in [5.41, 5.74) is -0.754. The van der Waals surface area contributed by atoms with Crippen molar-refractivity contribution in [2.24, 2.45) is 5.41 Å². The van der Waals surface area contributed by atoms with Gasteiger partial charge in [0.25, 0.3) is 0 Å². The fourth-order valence-electron chi connectivity index (χ4n) is 2.86. The van der Waals surface area contributed by atoms with Gasteiger partial charge in [-0.2, -0.15) is 5.26 Å². The van der Waals surface area contributed by atoms with Crippen LogP contribution < -0.4 is 0 Å². The van der Waals surface area contributed by atoms with Crippen LogP contribution in [0.4, 0.5) is 0 Å². The Morgan fingerprint density at radius 2 is 2.12 bits per heavy atom. The molecular formula is C13H20N2O2. The van der Waals surface area contributed by atoms with Crippen LogP contribution in [0.1, 0.15) is 38.5 Å². The quantitative estimate of drug-likeness (QED) is 0.733. The monoisotopic (exact) mass is 236 g/mol. The van der Waals surface area contributed by atoms with E-state index in [1.165, 1.54) is 0 Å². The maximum atomic E-state index is 12.5. The third kappa shape index (κ3) is 2.30. The van der Waals surface area contributed by atoms with Gasteiger partial charge in [-0.1, -0.05) is 19.3 Å². The summed E-state index contributed by atoms with van der Waals surface area (Å²) in [6.07, 6.45) is 5.47. The van der Waals surface area contributed by atoms with Crippen molar-refractivity contribution in [2.75, 3.05) is 20.3 Å². The van der Waals surface area contributed by atoms with Crippen LogP contribution in [-0.2, 0) is 9.53 Å². The van der Waals surface area contributed by atoms with E-state index < -0.39 is 5.41 Å². The van der Waals surface area contributed by atoms with Crippen molar-refractivity contribution in [2.45, 2.75) is 44.6 Å². The SMILES string of the molecule is CN(C(=O)C1(C#N)CCCCC1)C1CCOC1. The number of hydrogen-bond donors (Lipinski definition) is 0. The van der Waals surface area contributed by atoms with Gasteiger partial charge in [-0.15, -0.1) is 0 Å². The number of nitrogens with zero attached hydrogens (tertiary/aromatic N) is 2. The van der Waals surface area contributed by atoms with Gasteiger partial charge in [-0.25, -0.2) is 0 Å². The lowest BCUT2D eigenvalue weighted by molar-refractivity contribution is -0.141. The number of nitriles is 1. The molecule has 1 saturated carbocycles. The molecule has 0 aromatic rings. The second-order valence-corrected chi connectivity index (χ2v) is 5.19. The van der Waals surface area contributed by atoms with Crippen molar-refractivity contribution in [3.8, 4) is 6.07 Å². The first-order chi connectivity index (χ1) is 8.19. The minimum atomic E-state index is -0.754. The Hall–Kier alpha value is -1.08. The van der Waals surface area contributed by atoms with E-state index in [4.69, 9.17) is 4.74 Å². The first-order valence-electron chi connectivity index (χ1n) is 6.46. The van der Waals surface area contributed by atoms with E-state index in [1.807, 2.05) is 7.05 Å². The summed E-state index contributed by atoms with van der Waals surface area (Å²) in [5, 5.41) is 9.37. The minimum Gasteiger partial charge on any atom is -0.379 e. The third-order valence-electron chi connectivity index (χ3n) is 4.10. The first kappa shape index (κ1) is 12.4. The Morgan fingerprint density at radius 1 is 1.41 bits per heavy atom. The normalized spacial score (nSPS) is 27.4. The van der Waals surface area contributed by atoms with Crippen molar-refractivity contribution >= 4 is 5.91 Å². The first-order valence-corrected chi connectivity index (χ1v) is 6.46. The molecule has 1 atom stereocenters. The minimum absolute atomic E-state index is 0.00944. The summed E-state index contributed by atoms with van der Waals surface area (Å²) >= 11 is 0. The van der Waals surface area contributed by atoms with Crippen LogP contribution in [0.5, 0.6) is 0 Å². The van der Waals surface area contributed by atoms with Crippen molar-refractivity contribution in [1.82, 2.24) is 4.90 Å². The van der Waals surface area contributed by atoms with Gasteiger partial charge < -0.3 is 9.64 Å². The molecule has 1 heterocycles. The molecule has 4 nitrogen and oxygen atoms in total. The molecule has 2 rings (SSSR count). The second kappa shape index (κ2) is 5.05. The van der Waals surface area contributed by atoms with Crippen LogP contribution in [0.25, 0.3) is 0 Å². The highest BCUT2D eigenvalue weighted by Crippen LogP contribution is 2.37. The maximum Gasteiger partial charge on any atom is 0.243 e. The van der Waals surface area contributed by atoms with Gasteiger partial charge in [0, 0.05) is 13.7 Å². The number of amides is 1. The Kier molecular flexibility index (Phi) is 3.68. The summed E-state index contributed by atoms with van der Waals surface area (Å²) in [4.78, 5) is 14.2. The van der Waals surface area contributed by atoms with Crippen LogP contribution in [-0.4, -0.2) is 37.1 Å². The number of rotatable bonds is 2. The summed E-state index contributed by atoms with van der Waals surface area (Å²) in [6, 6.07) is 2.45. The highest BCUT2D eigenvalue weighted by atomic mass is 16.5. The van der Waals surface area contributed by atoms with E-state index in [1.54, 1.807) is 4.90 Å². The van der Waals surface area contributed by atoms with Crippen LogP contribution in [0.15, 0.2) is 0 Å². The smallest absolute Gasteiger partial charge is 0.243 e. The Labute approximate surface area is 103 Å². The lowest BCUT2D eigenvalue weighted by atomic mass is 9.74. The molecule has 0 aromatic carbocycles. The summed E-state index contributed by atoms with van der Waals surface area (Å²) in [5.74, 6) is 0.00944. The molecule has 0 radical (unpaired) electrons. The Morgan fingerprint density at radius 3 is 2.65 bits per heavy atom. The molecule has 4 heteroatoms. The van der Waals surface area contributed by atoms with E-state index in [-0.39, 0.29) is 11.9 Å².